The highest BCUT2D eigenvalue weighted by molar-refractivity contribution is 5.10. The summed E-state index contributed by atoms with van der Waals surface area (Å²) in [5.41, 5.74) is 0. The maximum Gasteiger partial charge on any atom is 0.129 e. The highest BCUT2D eigenvalue weighted by atomic mass is 16.4. The molecule has 2 N–H and O–H groups in total. The Balaban J connectivity index is 1.47. The highest BCUT2D eigenvalue weighted by Crippen LogP contribution is 2.36. The van der Waals surface area contributed by atoms with Crippen LogP contribution in [0.2, 0.25) is 0 Å². The molecular formula is C22H28N2O4. The van der Waals surface area contributed by atoms with Crippen molar-refractivity contribution < 1.29 is 19.0 Å². The summed E-state index contributed by atoms with van der Waals surface area (Å²) in [5.74, 6) is 6.79. The Bertz CT molecular complexity index is 776. The number of aliphatic hydroxyl groups is 2. The number of furan rings is 2. The van der Waals surface area contributed by atoms with E-state index in [4.69, 9.17) is 15.3 Å². The van der Waals surface area contributed by atoms with Crippen LogP contribution in [0.15, 0.2) is 33.1 Å². The van der Waals surface area contributed by atoms with Crippen LogP contribution >= 0.6 is 0 Å². The van der Waals surface area contributed by atoms with E-state index in [0.717, 1.165) is 37.6 Å². The van der Waals surface area contributed by atoms with E-state index in [9.17, 15) is 10.2 Å². The molecule has 1 unspecified atom stereocenters. The van der Waals surface area contributed by atoms with Gasteiger partial charge in [0.2, 0.25) is 0 Å². The van der Waals surface area contributed by atoms with Gasteiger partial charge in [0.25, 0.3) is 0 Å². The standard InChI is InChI=1S/C22H28N2O4/c1-2-16-10-24-8-7-17(16)9-18(24)11-23(12-19-3-5-21(14-25)27-19)13-20-4-6-22(15-26)28-20/h1,3-6,16-18,25-26H,7-15H2/t16-,17+,18-/m1/s1. The molecule has 0 amide bonds. The van der Waals surface area contributed by atoms with Gasteiger partial charge in [-0.05, 0) is 49.6 Å². The SMILES string of the molecule is C#C[C@@H]1CN2CC[C@H]1C[C@@H]2CN(Cc1ccc(CO)o1)Cc1ccc(CO)o1. The molecule has 5 rings (SSSR count). The topological polar surface area (TPSA) is 73.2 Å². The fraction of sp³-hybridized carbons (Fsp3) is 0.545. The molecule has 0 saturated carbocycles. The average molecular weight is 384 g/mol. The number of hydrogen-bond acceptors (Lipinski definition) is 6. The second kappa shape index (κ2) is 8.54. The summed E-state index contributed by atoms with van der Waals surface area (Å²) >= 11 is 0. The van der Waals surface area contributed by atoms with Crippen LogP contribution in [0.1, 0.15) is 35.9 Å². The zero-order valence-electron chi connectivity index (χ0n) is 16.1. The summed E-state index contributed by atoms with van der Waals surface area (Å²) in [6, 6.07) is 7.94. The Morgan fingerprint density at radius 2 is 1.64 bits per heavy atom. The monoisotopic (exact) mass is 384 g/mol. The normalized spacial score (nSPS) is 26.6. The van der Waals surface area contributed by atoms with Crippen LogP contribution in [0.4, 0.5) is 0 Å². The molecule has 6 nitrogen and oxygen atoms in total. The van der Waals surface area contributed by atoms with E-state index in [2.05, 4.69) is 15.7 Å². The molecule has 6 heteroatoms. The third kappa shape index (κ3) is 4.18. The lowest BCUT2D eigenvalue weighted by Gasteiger charge is -2.49. The lowest BCUT2D eigenvalue weighted by atomic mass is 9.76. The Morgan fingerprint density at radius 3 is 2.11 bits per heavy atom. The van der Waals surface area contributed by atoms with E-state index in [1.54, 1.807) is 0 Å². The van der Waals surface area contributed by atoms with Crippen molar-refractivity contribution in [3.63, 3.8) is 0 Å². The molecule has 3 aliphatic rings. The third-order valence-electron chi connectivity index (χ3n) is 6.07. The zero-order valence-corrected chi connectivity index (χ0v) is 16.1. The maximum absolute atomic E-state index is 9.26. The molecule has 0 radical (unpaired) electrons. The molecule has 2 aromatic rings. The predicted molar refractivity (Wildman–Crippen MR) is 104 cm³/mol. The van der Waals surface area contributed by atoms with Crippen molar-refractivity contribution in [1.82, 2.24) is 9.80 Å². The smallest absolute Gasteiger partial charge is 0.129 e. The molecule has 3 fully saturated rings. The summed E-state index contributed by atoms with van der Waals surface area (Å²) in [4.78, 5) is 4.84. The van der Waals surface area contributed by atoms with Gasteiger partial charge in [0.1, 0.15) is 36.3 Å². The van der Waals surface area contributed by atoms with Crippen LogP contribution in [-0.4, -0.2) is 45.7 Å². The molecule has 3 saturated heterocycles. The van der Waals surface area contributed by atoms with Gasteiger partial charge in [-0.3, -0.25) is 9.80 Å². The van der Waals surface area contributed by atoms with Gasteiger partial charge in [0, 0.05) is 25.0 Å². The van der Waals surface area contributed by atoms with Gasteiger partial charge in [-0.2, -0.15) is 0 Å². The molecule has 4 atom stereocenters. The summed E-state index contributed by atoms with van der Waals surface area (Å²) in [7, 11) is 0. The molecule has 0 aliphatic carbocycles. The molecule has 0 aromatic carbocycles. The Hall–Kier alpha value is -2.04. The first-order chi connectivity index (χ1) is 13.7. The molecular weight excluding hydrogens is 356 g/mol. The number of aliphatic hydroxyl groups excluding tert-OH is 2. The van der Waals surface area contributed by atoms with Crippen molar-refractivity contribution in [1.29, 1.82) is 0 Å². The summed E-state index contributed by atoms with van der Waals surface area (Å²) in [6.07, 6.45) is 8.05. The van der Waals surface area contributed by atoms with Crippen molar-refractivity contribution in [2.24, 2.45) is 11.8 Å². The van der Waals surface area contributed by atoms with Gasteiger partial charge in [-0.1, -0.05) is 0 Å². The molecule has 2 aromatic heterocycles. The minimum absolute atomic E-state index is 0.0936. The molecule has 28 heavy (non-hydrogen) atoms. The number of piperidine rings is 3. The number of fused-ring (bicyclic) bond motifs is 3. The molecule has 150 valence electrons. The van der Waals surface area contributed by atoms with E-state index in [1.807, 2.05) is 24.3 Å². The van der Waals surface area contributed by atoms with E-state index in [0.29, 0.717) is 42.5 Å². The first-order valence-electron chi connectivity index (χ1n) is 9.98. The van der Waals surface area contributed by atoms with E-state index in [1.165, 1.54) is 6.42 Å². The van der Waals surface area contributed by atoms with E-state index in [-0.39, 0.29) is 13.2 Å². The van der Waals surface area contributed by atoms with E-state index >= 15 is 0 Å². The number of nitrogens with zero attached hydrogens (tertiary/aromatic N) is 2. The van der Waals surface area contributed by atoms with Gasteiger partial charge in [-0.25, -0.2) is 0 Å². The van der Waals surface area contributed by atoms with Crippen molar-refractivity contribution >= 4 is 0 Å². The van der Waals surface area contributed by atoms with Crippen molar-refractivity contribution in [3.8, 4) is 12.3 Å². The first kappa shape index (κ1) is 19.3. The number of hydrogen-bond donors (Lipinski definition) is 2. The van der Waals surface area contributed by atoms with Crippen molar-refractivity contribution in [3.05, 3.63) is 47.3 Å². The van der Waals surface area contributed by atoms with Gasteiger partial charge in [-0.15, -0.1) is 12.3 Å². The lowest BCUT2D eigenvalue weighted by molar-refractivity contribution is 0.000856. The van der Waals surface area contributed by atoms with Crippen molar-refractivity contribution in [2.45, 2.75) is 45.2 Å². The maximum atomic E-state index is 9.26. The Morgan fingerprint density at radius 1 is 1.04 bits per heavy atom. The van der Waals surface area contributed by atoms with E-state index < -0.39 is 0 Å². The van der Waals surface area contributed by atoms with Crippen LogP contribution in [0, 0.1) is 24.2 Å². The largest absolute Gasteiger partial charge is 0.462 e. The predicted octanol–water partition coefficient (Wildman–Crippen LogP) is 2.20. The molecule has 0 spiro atoms. The second-order valence-corrected chi connectivity index (χ2v) is 7.93. The summed E-state index contributed by atoms with van der Waals surface area (Å²) in [5, 5.41) is 18.5. The van der Waals surface area contributed by atoms with Gasteiger partial charge in [0.15, 0.2) is 0 Å². The number of rotatable bonds is 8. The minimum atomic E-state index is -0.0936. The van der Waals surface area contributed by atoms with Gasteiger partial charge in [0.05, 0.1) is 13.1 Å². The average Bonchev–Trinajstić information content (AvgIpc) is 3.37. The molecule has 2 bridgehead atoms. The third-order valence-corrected chi connectivity index (χ3v) is 6.07. The second-order valence-electron chi connectivity index (χ2n) is 7.93. The fourth-order valence-electron chi connectivity index (χ4n) is 4.63. The molecule has 5 heterocycles. The quantitative estimate of drug-likeness (QED) is 0.680. The van der Waals surface area contributed by atoms with Gasteiger partial charge < -0.3 is 19.0 Å². The Labute approximate surface area is 165 Å². The highest BCUT2D eigenvalue weighted by Gasteiger charge is 2.39. The van der Waals surface area contributed by atoms with Crippen LogP contribution in [0.3, 0.4) is 0 Å². The van der Waals surface area contributed by atoms with Gasteiger partial charge >= 0.3 is 0 Å². The Kier molecular flexibility index (Phi) is 5.88. The first-order valence-corrected chi connectivity index (χ1v) is 9.98. The lowest BCUT2D eigenvalue weighted by Crippen LogP contribution is -2.56. The van der Waals surface area contributed by atoms with Crippen LogP contribution in [0.5, 0.6) is 0 Å². The summed E-state index contributed by atoms with van der Waals surface area (Å²) < 4.78 is 11.4. The minimum Gasteiger partial charge on any atom is -0.462 e. The summed E-state index contributed by atoms with van der Waals surface area (Å²) in [6.45, 7) is 4.10. The van der Waals surface area contributed by atoms with Crippen LogP contribution < -0.4 is 0 Å². The van der Waals surface area contributed by atoms with Crippen LogP contribution in [-0.2, 0) is 26.3 Å². The number of terminal acetylenes is 1. The van der Waals surface area contributed by atoms with Crippen molar-refractivity contribution in [2.75, 3.05) is 19.6 Å². The fourth-order valence-corrected chi connectivity index (χ4v) is 4.63. The molecule has 3 aliphatic heterocycles. The van der Waals surface area contributed by atoms with Crippen LogP contribution in [0.25, 0.3) is 0 Å². The zero-order chi connectivity index (χ0) is 19.5.